The summed E-state index contributed by atoms with van der Waals surface area (Å²) in [5, 5.41) is 24.8. The van der Waals surface area contributed by atoms with E-state index in [0.29, 0.717) is 23.0 Å². The second kappa shape index (κ2) is 10.3. The van der Waals surface area contributed by atoms with E-state index < -0.39 is 10.8 Å². The monoisotopic (exact) mass is 500 g/mol. The van der Waals surface area contributed by atoms with Gasteiger partial charge in [0.05, 0.1) is 17.7 Å². The van der Waals surface area contributed by atoms with Crippen molar-refractivity contribution in [2.75, 3.05) is 12.4 Å². The Bertz CT molecular complexity index is 1550. The van der Waals surface area contributed by atoms with Crippen molar-refractivity contribution in [2.24, 2.45) is 0 Å². The smallest absolute Gasteiger partial charge is 0.269 e. The summed E-state index contributed by atoms with van der Waals surface area (Å²) in [6.07, 6.45) is 1.57. The molecule has 36 heavy (non-hydrogen) atoms. The fraction of sp³-hybridized carbons (Fsp3) is 0.111. The molecule has 1 N–H and O–H groups in total. The molecule has 0 radical (unpaired) electrons. The van der Waals surface area contributed by atoms with Gasteiger partial charge in [0, 0.05) is 45.9 Å². The van der Waals surface area contributed by atoms with Gasteiger partial charge in [0.25, 0.3) is 11.6 Å². The van der Waals surface area contributed by atoms with Gasteiger partial charge in [-0.1, -0.05) is 41.9 Å². The number of ether oxygens (including phenoxy) is 1. The first kappa shape index (κ1) is 24.5. The van der Waals surface area contributed by atoms with E-state index in [-0.39, 0.29) is 11.3 Å². The maximum atomic E-state index is 13.0. The van der Waals surface area contributed by atoms with E-state index in [1.165, 1.54) is 19.2 Å². The lowest BCUT2D eigenvalue weighted by Gasteiger charge is -2.10. The number of para-hydroxylation sites is 1. The van der Waals surface area contributed by atoms with Crippen LogP contribution in [0.1, 0.15) is 16.8 Å². The average Bonchev–Trinajstić information content (AvgIpc) is 3.13. The number of halogens is 1. The van der Waals surface area contributed by atoms with Crippen LogP contribution in [0.25, 0.3) is 17.0 Å². The molecule has 0 saturated carbocycles. The molecule has 1 amide bonds. The summed E-state index contributed by atoms with van der Waals surface area (Å²) >= 11 is 6.06. The molecule has 8 nitrogen and oxygen atoms in total. The highest BCUT2D eigenvalue weighted by Gasteiger charge is 2.18. The highest BCUT2D eigenvalue weighted by atomic mass is 35.5. The molecule has 0 saturated heterocycles. The third kappa shape index (κ3) is 4.92. The SMILES string of the molecule is COc1ccc(Cl)cc1NC(=O)/C(C#N)=C/c1c(C)n(Cc2ccc([N+](=O)[O-])cc2)c2ccccc12. The third-order valence-electron chi connectivity index (χ3n) is 5.83. The molecule has 180 valence electrons. The van der Waals surface area contributed by atoms with Crippen LogP contribution in [0, 0.1) is 28.4 Å². The summed E-state index contributed by atoms with van der Waals surface area (Å²) in [6, 6.07) is 20.9. The number of rotatable bonds is 7. The molecule has 0 aliphatic carbocycles. The minimum absolute atomic E-state index is 0.0254. The first-order chi connectivity index (χ1) is 17.3. The Labute approximate surface area is 212 Å². The number of benzene rings is 3. The Morgan fingerprint density at radius 1 is 1.19 bits per heavy atom. The summed E-state index contributed by atoms with van der Waals surface area (Å²) in [5.74, 6) is -0.175. The zero-order chi connectivity index (χ0) is 25.8. The number of methoxy groups -OCH3 is 1. The lowest BCUT2D eigenvalue weighted by molar-refractivity contribution is -0.384. The molecule has 3 aromatic carbocycles. The van der Waals surface area contributed by atoms with Crippen LogP contribution in [0.3, 0.4) is 0 Å². The number of nitro groups is 1. The van der Waals surface area contributed by atoms with Gasteiger partial charge in [0.2, 0.25) is 0 Å². The summed E-state index contributed by atoms with van der Waals surface area (Å²) in [7, 11) is 1.48. The van der Waals surface area contributed by atoms with Crippen molar-refractivity contribution in [3.05, 3.63) is 104 Å². The fourth-order valence-corrected chi connectivity index (χ4v) is 4.18. The van der Waals surface area contributed by atoms with Crippen LogP contribution < -0.4 is 10.1 Å². The van der Waals surface area contributed by atoms with Gasteiger partial charge in [0.1, 0.15) is 17.4 Å². The van der Waals surface area contributed by atoms with Crippen molar-refractivity contribution in [1.29, 1.82) is 5.26 Å². The summed E-state index contributed by atoms with van der Waals surface area (Å²) in [6.45, 7) is 2.37. The van der Waals surface area contributed by atoms with Crippen molar-refractivity contribution in [3.8, 4) is 11.8 Å². The quantitative estimate of drug-likeness (QED) is 0.142. The number of non-ortho nitro benzene ring substituents is 1. The van der Waals surface area contributed by atoms with Gasteiger partial charge in [0.15, 0.2) is 0 Å². The number of hydrogen-bond acceptors (Lipinski definition) is 5. The minimum atomic E-state index is -0.593. The number of aromatic nitrogens is 1. The van der Waals surface area contributed by atoms with Crippen LogP contribution >= 0.6 is 11.6 Å². The number of carbonyl (C=O) groups excluding carboxylic acids is 1. The van der Waals surface area contributed by atoms with E-state index in [9.17, 15) is 20.2 Å². The van der Waals surface area contributed by atoms with Crippen LogP contribution in [0.15, 0.2) is 72.3 Å². The van der Waals surface area contributed by atoms with Crippen molar-refractivity contribution in [2.45, 2.75) is 13.5 Å². The van der Waals surface area contributed by atoms with E-state index in [2.05, 4.69) is 9.88 Å². The van der Waals surface area contributed by atoms with Gasteiger partial charge in [-0.25, -0.2) is 0 Å². The van der Waals surface area contributed by atoms with E-state index >= 15 is 0 Å². The van der Waals surface area contributed by atoms with Gasteiger partial charge < -0.3 is 14.6 Å². The van der Waals surface area contributed by atoms with Crippen LogP contribution in [-0.4, -0.2) is 22.5 Å². The molecular weight excluding hydrogens is 480 g/mol. The van der Waals surface area contributed by atoms with Gasteiger partial charge in [-0.2, -0.15) is 5.26 Å². The molecule has 1 aromatic heterocycles. The van der Waals surface area contributed by atoms with E-state index in [4.69, 9.17) is 16.3 Å². The number of amides is 1. The van der Waals surface area contributed by atoms with Crippen molar-refractivity contribution < 1.29 is 14.5 Å². The minimum Gasteiger partial charge on any atom is -0.495 e. The van der Waals surface area contributed by atoms with Crippen LogP contribution in [-0.2, 0) is 11.3 Å². The predicted octanol–water partition coefficient (Wildman–Crippen LogP) is 6.11. The van der Waals surface area contributed by atoms with Crippen molar-refractivity contribution in [1.82, 2.24) is 4.57 Å². The largest absolute Gasteiger partial charge is 0.495 e. The summed E-state index contributed by atoms with van der Waals surface area (Å²) in [5.41, 5.74) is 3.66. The number of fused-ring (bicyclic) bond motifs is 1. The van der Waals surface area contributed by atoms with Crippen LogP contribution in [0.4, 0.5) is 11.4 Å². The van der Waals surface area contributed by atoms with Crippen molar-refractivity contribution in [3.63, 3.8) is 0 Å². The molecule has 1 heterocycles. The number of nitriles is 1. The lowest BCUT2D eigenvalue weighted by atomic mass is 10.1. The van der Waals surface area contributed by atoms with Gasteiger partial charge in [-0.05, 0) is 42.8 Å². The molecule has 4 aromatic rings. The Hall–Kier alpha value is -4.61. The van der Waals surface area contributed by atoms with Gasteiger partial charge in [-0.15, -0.1) is 0 Å². The molecule has 0 aliphatic heterocycles. The highest BCUT2D eigenvalue weighted by molar-refractivity contribution is 6.31. The summed E-state index contributed by atoms with van der Waals surface area (Å²) in [4.78, 5) is 23.5. The maximum Gasteiger partial charge on any atom is 0.269 e. The van der Waals surface area contributed by atoms with E-state index in [1.54, 1.807) is 36.4 Å². The number of anilines is 1. The number of nitrogens with one attached hydrogen (secondary N) is 1. The molecule has 9 heteroatoms. The Morgan fingerprint density at radius 2 is 1.92 bits per heavy atom. The molecular formula is C27H21ClN4O4. The Kier molecular flexibility index (Phi) is 7.04. The van der Waals surface area contributed by atoms with Gasteiger partial charge in [-0.3, -0.25) is 14.9 Å². The Balaban J connectivity index is 1.72. The second-order valence-electron chi connectivity index (χ2n) is 7.99. The number of nitrogens with zero attached hydrogens (tertiary/aromatic N) is 3. The first-order valence-electron chi connectivity index (χ1n) is 10.9. The number of nitro benzene ring substituents is 1. The molecule has 0 unspecified atom stereocenters. The normalized spacial score (nSPS) is 11.2. The molecule has 0 aliphatic rings. The molecule has 0 fully saturated rings. The standard InChI is InChI=1S/C27H21ClN4O4/c1-17-23(13-19(15-29)27(33)30-24-14-20(28)9-12-26(24)36-2)22-5-3-4-6-25(22)31(17)16-18-7-10-21(11-8-18)32(34)35/h3-14H,16H2,1-2H3,(H,30,33)/b19-13+. The zero-order valence-electron chi connectivity index (χ0n) is 19.5. The first-order valence-corrected chi connectivity index (χ1v) is 11.3. The van der Waals surface area contributed by atoms with Crippen LogP contribution in [0.5, 0.6) is 5.75 Å². The lowest BCUT2D eigenvalue weighted by Crippen LogP contribution is -2.14. The number of carbonyl (C=O) groups is 1. The third-order valence-corrected chi connectivity index (χ3v) is 6.07. The summed E-state index contributed by atoms with van der Waals surface area (Å²) < 4.78 is 7.32. The Morgan fingerprint density at radius 3 is 2.58 bits per heavy atom. The molecule has 0 atom stereocenters. The van der Waals surface area contributed by atoms with E-state index in [0.717, 1.165) is 27.7 Å². The average molecular weight is 501 g/mol. The fourth-order valence-electron chi connectivity index (χ4n) is 4.01. The second-order valence-corrected chi connectivity index (χ2v) is 8.43. The van der Waals surface area contributed by atoms with E-state index in [1.807, 2.05) is 37.3 Å². The van der Waals surface area contributed by atoms with Crippen molar-refractivity contribution >= 4 is 45.9 Å². The zero-order valence-corrected chi connectivity index (χ0v) is 20.2. The number of hydrogen-bond donors (Lipinski definition) is 1. The maximum absolute atomic E-state index is 13.0. The molecule has 0 bridgehead atoms. The molecule has 0 spiro atoms. The topological polar surface area (TPSA) is 110 Å². The van der Waals surface area contributed by atoms with Gasteiger partial charge >= 0.3 is 0 Å². The van der Waals surface area contributed by atoms with Crippen LogP contribution in [0.2, 0.25) is 5.02 Å². The highest BCUT2D eigenvalue weighted by Crippen LogP contribution is 2.31. The predicted molar refractivity (Wildman–Crippen MR) is 139 cm³/mol. The molecule has 4 rings (SSSR count).